The molecule has 1 unspecified atom stereocenters. The van der Waals surface area contributed by atoms with Gasteiger partial charge >= 0.3 is 5.97 Å². The maximum Gasteiger partial charge on any atom is 0.310 e. The number of carbonyl (C=O) groups is 2. The summed E-state index contributed by atoms with van der Waals surface area (Å²) in [6.07, 6.45) is 2.36. The molecule has 7 nitrogen and oxygen atoms in total. The summed E-state index contributed by atoms with van der Waals surface area (Å²) in [4.78, 5) is 27.7. The van der Waals surface area contributed by atoms with Crippen LogP contribution >= 0.6 is 0 Å². The normalized spacial score (nSPS) is 15.1. The summed E-state index contributed by atoms with van der Waals surface area (Å²) < 4.78 is 1.65. The number of amides is 1. The highest BCUT2D eigenvalue weighted by Gasteiger charge is 2.28. The van der Waals surface area contributed by atoms with Gasteiger partial charge in [-0.1, -0.05) is 12.1 Å². The van der Waals surface area contributed by atoms with Gasteiger partial charge in [-0.25, -0.2) is 4.98 Å². The summed E-state index contributed by atoms with van der Waals surface area (Å²) in [5.41, 5.74) is 1.23. The molecule has 1 amide bonds. The zero-order valence-electron chi connectivity index (χ0n) is 13.7. The largest absolute Gasteiger partial charge is 0.481 e. The van der Waals surface area contributed by atoms with E-state index in [0.717, 1.165) is 18.7 Å². The van der Waals surface area contributed by atoms with Gasteiger partial charge in [-0.15, -0.1) is 0 Å². The molecular weight excluding hydrogens is 308 g/mol. The van der Waals surface area contributed by atoms with Crippen LogP contribution in [0.1, 0.15) is 48.8 Å². The Balaban J connectivity index is 1.66. The molecule has 2 aromatic rings. The van der Waals surface area contributed by atoms with Crippen LogP contribution in [0.5, 0.6) is 0 Å². The fourth-order valence-corrected chi connectivity index (χ4v) is 2.48. The average molecular weight is 328 g/mol. The number of aliphatic carboxylic acids is 1. The zero-order valence-corrected chi connectivity index (χ0v) is 13.7. The second kappa shape index (κ2) is 6.43. The van der Waals surface area contributed by atoms with Gasteiger partial charge in [0, 0.05) is 18.7 Å². The molecule has 1 atom stereocenters. The Morgan fingerprint density at radius 1 is 1.42 bits per heavy atom. The van der Waals surface area contributed by atoms with Crippen molar-refractivity contribution in [2.75, 3.05) is 5.32 Å². The van der Waals surface area contributed by atoms with Crippen LogP contribution < -0.4 is 5.32 Å². The van der Waals surface area contributed by atoms with E-state index in [1.165, 1.54) is 0 Å². The molecule has 0 spiro atoms. The highest BCUT2D eigenvalue weighted by Crippen LogP contribution is 2.38. The van der Waals surface area contributed by atoms with Crippen LogP contribution in [0, 0.1) is 0 Å². The molecule has 0 saturated heterocycles. The minimum Gasteiger partial charge on any atom is -0.481 e. The second-order valence-corrected chi connectivity index (χ2v) is 6.19. The number of aryl methyl sites for hydroxylation is 1. The first-order valence-electron chi connectivity index (χ1n) is 7.96. The van der Waals surface area contributed by atoms with Crippen molar-refractivity contribution in [3.05, 3.63) is 41.5 Å². The lowest BCUT2D eigenvalue weighted by Gasteiger charge is -2.10. The lowest BCUT2D eigenvalue weighted by atomic mass is 10.0. The molecule has 1 aromatic heterocycles. The van der Waals surface area contributed by atoms with Crippen LogP contribution in [-0.2, 0) is 23.1 Å². The summed E-state index contributed by atoms with van der Waals surface area (Å²) in [7, 11) is 1.79. The fraction of sp³-hybridized carbons (Fsp3) is 0.412. The number of nitrogens with zero attached hydrogens (tertiary/aromatic N) is 3. The number of benzene rings is 1. The fourth-order valence-electron chi connectivity index (χ4n) is 2.48. The summed E-state index contributed by atoms with van der Waals surface area (Å²) in [5.74, 6) is 0.170. The molecular formula is C17H20N4O3. The first-order chi connectivity index (χ1) is 11.4. The van der Waals surface area contributed by atoms with E-state index in [-0.39, 0.29) is 12.3 Å². The molecule has 1 fully saturated rings. The predicted octanol–water partition coefficient (Wildman–Crippen LogP) is 2.06. The summed E-state index contributed by atoms with van der Waals surface area (Å²) >= 11 is 0. The Hall–Kier alpha value is -2.70. The summed E-state index contributed by atoms with van der Waals surface area (Å²) in [5, 5.41) is 16.2. The third kappa shape index (κ3) is 3.61. The molecule has 0 radical (unpaired) electrons. The summed E-state index contributed by atoms with van der Waals surface area (Å²) in [6.45, 7) is 1.61. The van der Waals surface area contributed by atoms with E-state index in [0.29, 0.717) is 23.0 Å². The van der Waals surface area contributed by atoms with Gasteiger partial charge in [0.25, 0.3) is 0 Å². The topological polar surface area (TPSA) is 97.1 Å². The highest BCUT2D eigenvalue weighted by molar-refractivity contribution is 5.92. The third-order valence-electron chi connectivity index (χ3n) is 4.17. The molecule has 126 valence electrons. The van der Waals surface area contributed by atoms with E-state index in [1.54, 1.807) is 42.9 Å². The van der Waals surface area contributed by atoms with Crippen LogP contribution in [0.4, 0.5) is 5.69 Å². The first kappa shape index (κ1) is 16.2. The van der Waals surface area contributed by atoms with Crippen LogP contribution in [0.15, 0.2) is 24.3 Å². The van der Waals surface area contributed by atoms with Crippen molar-refractivity contribution >= 4 is 17.6 Å². The predicted molar refractivity (Wildman–Crippen MR) is 87.8 cm³/mol. The molecule has 1 heterocycles. The minimum absolute atomic E-state index is 0.134. The third-order valence-corrected chi connectivity index (χ3v) is 4.17. The lowest BCUT2D eigenvalue weighted by molar-refractivity contribution is -0.138. The average Bonchev–Trinajstić information content (AvgIpc) is 3.32. The number of hydrogen-bond acceptors (Lipinski definition) is 4. The maximum absolute atomic E-state index is 12.2. The van der Waals surface area contributed by atoms with Gasteiger partial charge in [0.1, 0.15) is 5.82 Å². The molecule has 1 saturated carbocycles. The van der Waals surface area contributed by atoms with Gasteiger partial charge in [0.05, 0.1) is 12.3 Å². The van der Waals surface area contributed by atoms with Crippen molar-refractivity contribution in [2.45, 2.75) is 38.0 Å². The molecule has 0 bridgehead atoms. The number of carbonyl (C=O) groups excluding carboxylic acids is 1. The van der Waals surface area contributed by atoms with Crippen molar-refractivity contribution < 1.29 is 14.7 Å². The van der Waals surface area contributed by atoms with E-state index in [2.05, 4.69) is 15.4 Å². The Labute approximate surface area is 139 Å². The molecule has 1 aliphatic rings. The van der Waals surface area contributed by atoms with Crippen LogP contribution in [0.2, 0.25) is 0 Å². The Morgan fingerprint density at radius 2 is 2.17 bits per heavy atom. The number of carboxylic acids is 1. The number of aromatic nitrogens is 3. The van der Waals surface area contributed by atoms with Crippen molar-refractivity contribution in [3.8, 4) is 0 Å². The van der Waals surface area contributed by atoms with Crippen LogP contribution in [0.3, 0.4) is 0 Å². The van der Waals surface area contributed by atoms with Crippen molar-refractivity contribution in [1.29, 1.82) is 0 Å². The second-order valence-electron chi connectivity index (χ2n) is 6.19. The number of nitrogens with one attached hydrogen (secondary N) is 1. The van der Waals surface area contributed by atoms with E-state index >= 15 is 0 Å². The molecule has 2 N–H and O–H groups in total. The monoisotopic (exact) mass is 328 g/mol. The van der Waals surface area contributed by atoms with Gasteiger partial charge in [0.15, 0.2) is 5.82 Å². The minimum atomic E-state index is -0.898. The Bertz CT molecular complexity index is 780. The van der Waals surface area contributed by atoms with Gasteiger partial charge < -0.3 is 10.4 Å². The van der Waals surface area contributed by atoms with Crippen LogP contribution in [0.25, 0.3) is 0 Å². The smallest absolute Gasteiger partial charge is 0.310 e. The Morgan fingerprint density at radius 3 is 2.83 bits per heavy atom. The molecule has 3 rings (SSSR count). The maximum atomic E-state index is 12.2. The molecule has 1 aromatic carbocycles. The molecule has 1 aliphatic carbocycles. The lowest BCUT2D eigenvalue weighted by Crippen LogP contribution is -2.17. The number of rotatable bonds is 6. The van der Waals surface area contributed by atoms with E-state index < -0.39 is 11.9 Å². The zero-order chi connectivity index (χ0) is 17.3. The number of anilines is 1. The van der Waals surface area contributed by atoms with Crippen molar-refractivity contribution in [2.24, 2.45) is 7.05 Å². The van der Waals surface area contributed by atoms with E-state index in [9.17, 15) is 9.59 Å². The van der Waals surface area contributed by atoms with E-state index in [1.807, 2.05) is 0 Å². The van der Waals surface area contributed by atoms with Crippen molar-refractivity contribution in [3.63, 3.8) is 0 Å². The molecule has 0 aliphatic heterocycles. The van der Waals surface area contributed by atoms with Crippen LogP contribution in [-0.4, -0.2) is 31.7 Å². The summed E-state index contributed by atoms with van der Waals surface area (Å²) in [6, 6.07) is 6.89. The number of carboxylic acid groups (broad SMARTS) is 1. The van der Waals surface area contributed by atoms with Gasteiger partial charge in [-0.2, -0.15) is 5.10 Å². The Kier molecular flexibility index (Phi) is 4.33. The first-order valence-corrected chi connectivity index (χ1v) is 7.96. The number of hydrogen-bond donors (Lipinski definition) is 2. The van der Waals surface area contributed by atoms with Gasteiger partial charge in [0.2, 0.25) is 5.91 Å². The molecule has 24 heavy (non-hydrogen) atoms. The van der Waals surface area contributed by atoms with Gasteiger partial charge in [-0.05, 0) is 37.5 Å². The van der Waals surface area contributed by atoms with Gasteiger partial charge in [-0.3, -0.25) is 14.3 Å². The standard InChI is InChI=1S/C17H20N4O3/c1-10(17(23)24)12-4-3-5-13(8-12)18-15(22)9-14-19-16(11-6-7-11)20-21(14)2/h3-5,8,10-11H,6-7,9H2,1-2H3,(H,18,22)(H,23,24). The van der Waals surface area contributed by atoms with E-state index in [4.69, 9.17) is 5.11 Å². The van der Waals surface area contributed by atoms with Crippen molar-refractivity contribution in [1.82, 2.24) is 14.8 Å². The SMILES string of the molecule is CC(C(=O)O)c1cccc(NC(=O)Cc2nc(C3CC3)nn2C)c1. The highest BCUT2D eigenvalue weighted by atomic mass is 16.4. The molecule has 7 heteroatoms. The quantitative estimate of drug-likeness (QED) is 0.846.